The molecule has 0 radical (unpaired) electrons. The number of ether oxygens (including phenoxy) is 2. The fourth-order valence-electron chi connectivity index (χ4n) is 3.37. The quantitative estimate of drug-likeness (QED) is 0.467. The lowest BCUT2D eigenvalue weighted by Crippen LogP contribution is -2.50. The number of carbonyl (C=O) groups excluding carboxylic acids is 5. The van der Waals surface area contributed by atoms with Crippen molar-refractivity contribution in [3.8, 4) is 0 Å². The molecule has 0 fully saturated rings. The first-order valence-electron chi connectivity index (χ1n) is 9.58. The van der Waals surface area contributed by atoms with Gasteiger partial charge in [0.1, 0.15) is 12.6 Å². The van der Waals surface area contributed by atoms with Crippen molar-refractivity contribution in [1.29, 1.82) is 0 Å². The maximum atomic E-state index is 12.7. The Kier molecular flexibility index (Phi) is 6.75. The first kappa shape index (κ1) is 23.6. The summed E-state index contributed by atoms with van der Waals surface area (Å²) < 4.78 is 10.2. The van der Waals surface area contributed by atoms with Crippen molar-refractivity contribution < 1.29 is 33.4 Å². The molecule has 1 unspecified atom stereocenters. The maximum absolute atomic E-state index is 12.7. The van der Waals surface area contributed by atoms with Gasteiger partial charge in [-0.25, -0.2) is 14.4 Å². The Morgan fingerprint density at radius 1 is 1.09 bits per heavy atom. The lowest BCUT2D eigenvalue weighted by molar-refractivity contribution is -0.147. The second-order valence-electron chi connectivity index (χ2n) is 7.01. The number of amides is 4. The maximum Gasteiger partial charge on any atom is 0.338 e. The number of nitrogens with one attached hydrogen (secondary N) is 2. The van der Waals surface area contributed by atoms with Crippen molar-refractivity contribution >= 4 is 53.0 Å². The van der Waals surface area contributed by atoms with Crippen LogP contribution < -0.4 is 10.6 Å². The molecule has 0 saturated heterocycles. The Morgan fingerprint density at radius 3 is 2.19 bits per heavy atom. The highest BCUT2D eigenvalue weighted by Gasteiger charge is 2.42. The van der Waals surface area contributed by atoms with E-state index in [1.54, 1.807) is 13.8 Å². The summed E-state index contributed by atoms with van der Waals surface area (Å²) in [6.07, 6.45) is 0. The minimum absolute atomic E-state index is 0.0239. The molecule has 0 saturated carbocycles. The van der Waals surface area contributed by atoms with Crippen molar-refractivity contribution in [3.05, 3.63) is 44.6 Å². The van der Waals surface area contributed by atoms with E-state index in [2.05, 4.69) is 10.6 Å². The molecule has 2 aliphatic heterocycles. The largest absolute Gasteiger partial charge is 0.463 e. The standard InChI is InChI=1S/C20H19Cl2N3O7/c1-4-31-19(29)15-8(2)23-20(30)24-14(15)7-32-18(28)9(3)25-16(26)10-5-12(21)13(22)6-11(10)17(25)27/h5-6,8-9H,4,7H2,1-3H3,(H2,23,24,30)/t8?,9-/m0/s1. The third-order valence-electron chi connectivity index (χ3n) is 4.91. The molecule has 0 spiro atoms. The van der Waals surface area contributed by atoms with E-state index in [1.165, 1.54) is 19.1 Å². The zero-order valence-corrected chi connectivity index (χ0v) is 18.8. The van der Waals surface area contributed by atoms with Crippen LogP contribution in [0.1, 0.15) is 41.5 Å². The summed E-state index contributed by atoms with van der Waals surface area (Å²) in [7, 11) is 0. The highest BCUT2D eigenvalue weighted by atomic mass is 35.5. The van der Waals surface area contributed by atoms with Crippen LogP contribution in [0.5, 0.6) is 0 Å². The minimum atomic E-state index is -1.29. The Morgan fingerprint density at radius 2 is 1.66 bits per heavy atom. The topological polar surface area (TPSA) is 131 Å². The molecule has 3 rings (SSSR count). The lowest BCUT2D eigenvalue weighted by atomic mass is 10.0. The number of nitrogens with zero attached hydrogens (tertiary/aromatic N) is 1. The summed E-state index contributed by atoms with van der Waals surface area (Å²) in [5.74, 6) is -3.04. The number of rotatable bonds is 6. The van der Waals surface area contributed by atoms with Crippen LogP contribution in [0.15, 0.2) is 23.4 Å². The highest BCUT2D eigenvalue weighted by Crippen LogP contribution is 2.32. The predicted octanol–water partition coefficient (Wildman–Crippen LogP) is 2.04. The van der Waals surface area contributed by atoms with Crippen LogP contribution in [-0.4, -0.2) is 60.0 Å². The van der Waals surface area contributed by atoms with Crippen LogP contribution in [0.4, 0.5) is 4.79 Å². The number of esters is 2. The fraction of sp³-hybridized carbons (Fsp3) is 0.350. The van der Waals surface area contributed by atoms with Crippen molar-refractivity contribution in [2.75, 3.05) is 13.2 Å². The summed E-state index contributed by atoms with van der Waals surface area (Å²) >= 11 is 11.9. The number of hydrogen-bond acceptors (Lipinski definition) is 7. The van der Waals surface area contributed by atoms with Crippen LogP contribution in [0.3, 0.4) is 0 Å². The molecule has 4 amide bonds. The van der Waals surface area contributed by atoms with Gasteiger partial charge >= 0.3 is 18.0 Å². The summed E-state index contributed by atoms with van der Waals surface area (Å²) in [6, 6.07) is -0.0281. The molecule has 12 heteroatoms. The van der Waals surface area contributed by atoms with E-state index in [9.17, 15) is 24.0 Å². The van der Waals surface area contributed by atoms with Gasteiger partial charge in [-0.1, -0.05) is 23.2 Å². The molecular weight excluding hydrogens is 465 g/mol. The van der Waals surface area contributed by atoms with Gasteiger partial charge in [0, 0.05) is 0 Å². The molecule has 1 aromatic carbocycles. The second-order valence-corrected chi connectivity index (χ2v) is 7.82. The molecule has 0 bridgehead atoms. The monoisotopic (exact) mass is 483 g/mol. The number of benzene rings is 1. The van der Waals surface area contributed by atoms with Crippen molar-refractivity contribution in [1.82, 2.24) is 15.5 Å². The average molecular weight is 484 g/mol. The lowest BCUT2D eigenvalue weighted by Gasteiger charge is -2.27. The predicted molar refractivity (Wildman–Crippen MR) is 112 cm³/mol. The van der Waals surface area contributed by atoms with E-state index < -0.39 is 48.5 Å². The van der Waals surface area contributed by atoms with Crippen molar-refractivity contribution in [2.45, 2.75) is 32.9 Å². The molecule has 2 N–H and O–H groups in total. The number of hydrogen-bond donors (Lipinski definition) is 2. The van der Waals surface area contributed by atoms with E-state index in [4.69, 9.17) is 32.7 Å². The summed E-state index contributed by atoms with van der Waals surface area (Å²) in [5.41, 5.74) is 0.185. The van der Waals surface area contributed by atoms with Gasteiger partial charge < -0.3 is 20.1 Å². The van der Waals surface area contributed by atoms with Crippen molar-refractivity contribution in [2.24, 2.45) is 0 Å². The average Bonchev–Trinajstić information content (AvgIpc) is 2.95. The molecule has 0 aromatic heterocycles. The van der Waals surface area contributed by atoms with Crippen LogP contribution in [-0.2, 0) is 19.1 Å². The SMILES string of the molecule is CCOC(=O)C1=C(COC(=O)[C@H](C)N2C(=O)c3cc(Cl)c(Cl)cc3C2=O)NC(=O)NC1C. The van der Waals surface area contributed by atoms with Crippen LogP contribution in [0.25, 0.3) is 0 Å². The van der Waals surface area contributed by atoms with E-state index in [0.717, 1.165) is 4.90 Å². The third kappa shape index (κ3) is 4.28. The molecule has 10 nitrogen and oxygen atoms in total. The van der Waals surface area contributed by atoms with E-state index in [-0.39, 0.29) is 39.0 Å². The van der Waals surface area contributed by atoms with Gasteiger partial charge in [-0.05, 0) is 32.9 Å². The zero-order chi connectivity index (χ0) is 23.7. The molecule has 170 valence electrons. The number of halogens is 2. The highest BCUT2D eigenvalue weighted by molar-refractivity contribution is 6.43. The smallest absolute Gasteiger partial charge is 0.338 e. The van der Waals surface area contributed by atoms with Gasteiger partial charge in [0.15, 0.2) is 0 Å². The zero-order valence-electron chi connectivity index (χ0n) is 17.3. The normalized spacial score (nSPS) is 18.7. The van der Waals surface area contributed by atoms with Crippen LogP contribution >= 0.6 is 23.2 Å². The number of urea groups is 1. The molecule has 2 aliphatic rings. The van der Waals surface area contributed by atoms with Gasteiger partial charge in [0.2, 0.25) is 0 Å². The van der Waals surface area contributed by atoms with Crippen LogP contribution in [0.2, 0.25) is 10.0 Å². The van der Waals surface area contributed by atoms with Crippen molar-refractivity contribution in [3.63, 3.8) is 0 Å². The minimum Gasteiger partial charge on any atom is -0.463 e. The molecule has 2 heterocycles. The van der Waals surface area contributed by atoms with Gasteiger partial charge in [0.25, 0.3) is 11.8 Å². The van der Waals surface area contributed by atoms with E-state index in [1.807, 2.05) is 0 Å². The number of fused-ring (bicyclic) bond motifs is 1. The third-order valence-corrected chi connectivity index (χ3v) is 5.63. The van der Waals surface area contributed by atoms with Gasteiger partial charge in [-0.15, -0.1) is 0 Å². The number of carbonyl (C=O) groups is 5. The Bertz CT molecular complexity index is 1030. The molecule has 2 atom stereocenters. The Labute approximate surface area is 192 Å². The second kappa shape index (κ2) is 9.17. The first-order valence-corrected chi connectivity index (χ1v) is 10.3. The molecular formula is C20H19Cl2N3O7. The Balaban J connectivity index is 1.77. The van der Waals surface area contributed by atoms with Gasteiger partial charge in [0.05, 0.1) is 45.1 Å². The first-order chi connectivity index (χ1) is 15.1. The van der Waals surface area contributed by atoms with Crippen LogP contribution in [0, 0.1) is 0 Å². The van der Waals surface area contributed by atoms with Gasteiger partial charge in [-0.3, -0.25) is 14.5 Å². The van der Waals surface area contributed by atoms with E-state index >= 15 is 0 Å². The fourth-order valence-corrected chi connectivity index (χ4v) is 3.69. The summed E-state index contributed by atoms with van der Waals surface area (Å²) in [6.45, 7) is 4.15. The van der Waals surface area contributed by atoms with Gasteiger partial charge in [-0.2, -0.15) is 0 Å². The number of imide groups is 1. The molecule has 32 heavy (non-hydrogen) atoms. The molecule has 1 aromatic rings. The Hall–Kier alpha value is -3.11. The summed E-state index contributed by atoms with van der Waals surface area (Å²) in [4.78, 5) is 62.8. The molecule has 0 aliphatic carbocycles. The van der Waals surface area contributed by atoms with E-state index in [0.29, 0.717) is 0 Å². The summed E-state index contributed by atoms with van der Waals surface area (Å²) in [5, 5.41) is 5.13.